The predicted molar refractivity (Wildman–Crippen MR) is 86.7 cm³/mol. The number of nitrogens with zero attached hydrogens (tertiary/aromatic N) is 6. The zero-order chi connectivity index (χ0) is 14.3. The summed E-state index contributed by atoms with van der Waals surface area (Å²) >= 11 is 4.19. The number of benzene rings is 1. The fraction of sp³-hybridized carbons (Fsp3) is 0.0909. The van der Waals surface area contributed by atoms with Crippen molar-refractivity contribution in [1.29, 1.82) is 0 Å². The molecule has 0 N–H and O–H groups in total. The van der Waals surface area contributed by atoms with E-state index in [0.717, 1.165) is 9.26 Å². The Morgan fingerprint density at radius 2 is 1.90 bits per heavy atom. The molecule has 0 saturated carbocycles. The van der Waals surface area contributed by atoms with Gasteiger partial charge in [0.05, 0.1) is 12.6 Å². The molecule has 102 valence electrons. The molecule has 1 aromatic carbocycles. The summed E-state index contributed by atoms with van der Waals surface area (Å²) in [6.45, 7) is 0. The maximum absolute atomic E-state index is 13.9. The Morgan fingerprint density at radius 1 is 1.15 bits per heavy atom. The highest BCUT2D eigenvalue weighted by Gasteiger charge is 2.21. The van der Waals surface area contributed by atoms with Gasteiger partial charge in [-0.05, 0) is 62.5 Å². The number of para-hydroxylation sites is 1. The Kier molecular flexibility index (Phi) is 3.70. The van der Waals surface area contributed by atoms with Crippen LogP contribution in [0.1, 0.15) is 0 Å². The van der Waals surface area contributed by atoms with Crippen molar-refractivity contribution in [2.75, 3.05) is 0 Å². The monoisotopic (exact) mass is 496 g/mol. The molecule has 0 unspecified atom stereocenters. The maximum Gasteiger partial charge on any atom is 0.210 e. The highest BCUT2D eigenvalue weighted by Crippen LogP contribution is 2.29. The molecule has 3 rings (SSSR count). The molecule has 0 aliphatic heterocycles. The first-order valence-corrected chi connectivity index (χ1v) is 7.67. The van der Waals surface area contributed by atoms with Gasteiger partial charge in [0.2, 0.25) is 5.82 Å². The summed E-state index contributed by atoms with van der Waals surface area (Å²) in [4.78, 5) is 1.38. The quantitative estimate of drug-likeness (QED) is 0.512. The average Bonchev–Trinajstić information content (AvgIpc) is 2.94. The number of hydrogen-bond acceptors (Lipinski definition) is 4. The maximum atomic E-state index is 13.9. The highest BCUT2D eigenvalue weighted by atomic mass is 127. The van der Waals surface area contributed by atoms with Crippen molar-refractivity contribution in [2.45, 2.75) is 0 Å². The molecule has 2 aromatic heterocycles. The van der Waals surface area contributed by atoms with Gasteiger partial charge in [-0.15, -0.1) is 10.2 Å². The summed E-state index contributed by atoms with van der Waals surface area (Å²) in [5, 5.41) is 16.3. The van der Waals surface area contributed by atoms with Crippen molar-refractivity contribution < 1.29 is 4.39 Å². The molecule has 0 saturated heterocycles. The number of aromatic nitrogens is 6. The van der Waals surface area contributed by atoms with E-state index in [1.807, 2.05) is 0 Å². The Bertz CT molecular complexity index is 781. The lowest BCUT2D eigenvalue weighted by Crippen LogP contribution is -2.02. The first kappa shape index (κ1) is 13.9. The van der Waals surface area contributed by atoms with Gasteiger partial charge in [-0.25, -0.2) is 9.07 Å². The van der Waals surface area contributed by atoms with Crippen molar-refractivity contribution in [3.8, 4) is 17.1 Å². The Labute approximate surface area is 140 Å². The molecule has 9 heteroatoms. The van der Waals surface area contributed by atoms with Crippen LogP contribution in [0.2, 0.25) is 0 Å². The third-order valence-electron chi connectivity index (χ3n) is 2.60. The Morgan fingerprint density at radius 3 is 2.55 bits per heavy atom. The molecule has 0 atom stereocenters. The van der Waals surface area contributed by atoms with Crippen LogP contribution in [0.15, 0.2) is 24.3 Å². The minimum atomic E-state index is -0.331. The fourth-order valence-corrected chi connectivity index (χ4v) is 3.82. The minimum Gasteiger partial charge on any atom is -0.223 e. The molecule has 0 radical (unpaired) electrons. The fourth-order valence-electron chi connectivity index (χ4n) is 1.72. The normalized spacial score (nSPS) is 11.0. The Hall–Kier alpha value is -1.11. The average molecular weight is 496 g/mol. The van der Waals surface area contributed by atoms with Gasteiger partial charge in [-0.3, -0.25) is 0 Å². The van der Waals surface area contributed by atoms with E-state index in [2.05, 4.69) is 65.7 Å². The van der Waals surface area contributed by atoms with Gasteiger partial charge in [0.1, 0.15) is 18.9 Å². The van der Waals surface area contributed by atoms with E-state index >= 15 is 0 Å². The minimum absolute atomic E-state index is 0.331. The van der Waals surface area contributed by atoms with Crippen molar-refractivity contribution in [3.63, 3.8) is 0 Å². The number of hydrogen-bond donors (Lipinski definition) is 0. The second-order valence-corrected chi connectivity index (χ2v) is 5.97. The van der Waals surface area contributed by atoms with Crippen LogP contribution in [0.3, 0.4) is 0 Å². The SMILES string of the molecule is Cn1nnc(-c2c(I)nn(-c3ccccc3F)c2I)n1. The van der Waals surface area contributed by atoms with Crippen LogP contribution >= 0.6 is 45.2 Å². The summed E-state index contributed by atoms with van der Waals surface area (Å²) in [6.07, 6.45) is 0. The summed E-state index contributed by atoms with van der Waals surface area (Å²) in [6, 6.07) is 6.49. The first-order valence-electron chi connectivity index (χ1n) is 5.51. The molecule has 0 bridgehead atoms. The lowest BCUT2D eigenvalue weighted by atomic mass is 10.3. The van der Waals surface area contributed by atoms with Crippen LogP contribution < -0.4 is 0 Å². The lowest BCUT2D eigenvalue weighted by molar-refractivity contribution is 0.608. The van der Waals surface area contributed by atoms with Crippen LogP contribution in [0.25, 0.3) is 17.1 Å². The smallest absolute Gasteiger partial charge is 0.210 e. The van der Waals surface area contributed by atoms with Crippen molar-refractivity contribution in [1.82, 2.24) is 30.0 Å². The number of aryl methyl sites for hydroxylation is 1. The van der Waals surface area contributed by atoms with Crippen molar-refractivity contribution in [3.05, 3.63) is 37.5 Å². The van der Waals surface area contributed by atoms with Crippen LogP contribution in [-0.2, 0) is 7.05 Å². The summed E-state index contributed by atoms with van der Waals surface area (Å²) in [7, 11) is 1.69. The number of rotatable bonds is 2. The van der Waals surface area contributed by atoms with Crippen molar-refractivity contribution >= 4 is 45.2 Å². The molecule has 6 nitrogen and oxygen atoms in total. The van der Waals surface area contributed by atoms with Gasteiger partial charge in [0, 0.05) is 0 Å². The molecule has 0 amide bonds. The first-order chi connectivity index (χ1) is 9.58. The number of halogens is 3. The molecular formula is C11H7FI2N6. The summed E-state index contributed by atoms with van der Waals surface area (Å²) < 4.78 is 16.9. The molecule has 0 fully saturated rings. The standard InChI is InChI=1S/C11H7FI2N6/c1-19-17-11(15-18-19)8-9(13)16-20(10(8)14)7-5-3-2-4-6(7)12/h2-5H,1H3. The highest BCUT2D eigenvalue weighted by molar-refractivity contribution is 14.1. The van der Waals surface area contributed by atoms with Gasteiger partial charge in [0.15, 0.2) is 0 Å². The van der Waals surface area contributed by atoms with E-state index in [1.165, 1.54) is 10.9 Å². The van der Waals surface area contributed by atoms with Crippen LogP contribution in [0, 0.1) is 13.2 Å². The van der Waals surface area contributed by atoms with Crippen LogP contribution in [0.5, 0.6) is 0 Å². The van der Waals surface area contributed by atoms with E-state index in [-0.39, 0.29) is 5.82 Å². The predicted octanol–water partition coefficient (Wildman–Crippen LogP) is 2.41. The number of tetrazole rings is 1. The lowest BCUT2D eigenvalue weighted by Gasteiger charge is -2.04. The third kappa shape index (κ3) is 2.32. The van der Waals surface area contributed by atoms with E-state index in [9.17, 15) is 4.39 Å². The molecule has 3 aromatic rings. The molecule has 20 heavy (non-hydrogen) atoms. The van der Waals surface area contributed by atoms with E-state index in [0.29, 0.717) is 15.2 Å². The van der Waals surface area contributed by atoms with Crippen LogP contribution in [-0.4, -0.2) is 30.0 Å². The molecule has 2 heterocycles. The zero-order valence-corrected chi connectivity index (χ0v) is 14.4. The summed E-state index contributed by atoms with van der Waals surface area (Å²) in [5.41, 5.74) is 1.15. The zero-order valence-electron chi connectivity index (χ0n) is 10.1. The van der Waals surface area contributed by atoms with Gasteiger partial charge in [0.25, 0.3) is 0 Å². The third-order valence-corrected chi connectivity index (χ3v) is 4.35. The van der Waals surface area contributed by atoms with Crippen LogP contribution in [0.4, 0.5) is 4.39 Å². The van der Waals surface area contributed by atoms with Gasteiger partial charge >= 0.3 is 0 Å². The molecule has 0 spiro atoms. The van der Waals surface area contributed by atoms with E-state index < -0.39 is 0 Å². The molecule has 0 aliphatic carbocycles. The topological polar surface area (TPSA) is 61.4 Å². The second kappa shape index (κ2) is 5.35. The van der Waals surface area contributed by atoms with Gasteiger partial charge < -0.3 is 0 Å². The van der Waals surface area contributed by atoms with Crippen molar-refractivity contribution in [2.24, 2.45) is 7.05 Å². The largest absolute Gasteiger partial charge is 0.223 e. The molecular weight excluding hydrogens is 489 g/mol. The molecule has 0 aliphatic rings. The van der Waals surface area contributed by atoms with E-state index in [4.69, 9.17) is 0 Å². The summed E-state index contributed by atoms with van der Waals surface area (Å²) in [5.74, 6) is 0.145. The van der Waals surface area contributed by atoms with E-state index in [1.54, 1.807) is 29.9 Å². The second-order valence-electron chi connectivity index (χ2n) is 3.92. The Balaban J connectivity index is 2.19. The van der Waals surface area contributed by atoms with Gasteiger partial charge in [-0.2, -0.15) is 9.90 Å². The van der Waals surface area contributed by atoms with Gasteiger partial charge in [-0.1, -0.05) is 12.1 Å².